The molecule has 2 N–H and O–H groups in total. The summed E-state index contributed by atoms with van der Waals surface area (Å²) in [6.45, 7) is 0. The van der Waals surface area contributed by atoms with Crippen molar-refractivity contribution in [3.8, 4) is 5.75 Å². The van der Waals surface area contributed by atoms with Gasteiger partial charge in [-0.15, -0.1) is 0 Å². The predicted octanol–water partition coefficient (Wildman–Crippen LogP) is 0.347. The van der Waals surface area contributed by atoms with Gasteiger partial charge in [0.2, 0.25) is 0 Å². The highest BCUT2D eigenvalue weighted by molar-refractivity contribution is 7.91. The average molecular weight is 303 g/mol. The Morgan fingerprint density at radius 3 is 2.70 bits per heavy atom. The van der Waals surface area contributed by atoms with Crippen molar-refractivity contribution >= 4 is 15.8 Å². The van der Waals surface area contributed by atoms with Gasteiger partial charge in [-0.3, -0.25) is 10.1 Å². The number of rotatable bonds is 3. The third-order valence-corrected chi connectivity index (χ3v) is 4.80. The highest BCUT2D eigenvalue weighted by Gasteiger charge is 2.35. The molecule has 1 fully saturated rings. The second-order valence-corrected chi connectivity index (χ2v) is 6.73. The Balaban J connectivity index is 2.31. The largest absolute Gasteiger partial charge is 0.494 e. The Hall–Kier alpha value is -1.67. The van der Waals surface area contributed by atoms with Crippen molar-refractivity contribution in [2.45, 2.75) is 12.1 Å². The molecule has 0 amide bonds. The number of halogens is 1. The maximum Gasteiger partial charge on any atom is 0.321 e. The summed E-state index contributed by atoms with van der Waals surface area (Å²) in [6, 6.07) is 2.10. The summed E-state index contributed by atoms with van der Waals surface area (Å²) >= 11 is 0. The van der Waals surface area contributed by atoms with Crippen LogP contribution in [-0.2, 0) is 14.6 Å². The van der Waals surface area contributed by atoms with E-state index >= 15 is 0 Å². The Morgan fingerprint density at radius 2 is 2.15 bits per heavy atom. The van der Waals surface area contributed by atoms with Crippen molar-refractivity contribution in [3.05, 3.63) is 29.6 Å². The second-order valence-electron chi connectivity index (χ2n) is 4.58. The van der Waals surface area contributed by atoms with E-state index in [4.69, 9.17) is 9.84 Å². The van der Waals surface area contributed by atoms with Gasteiger partial charge in [0.15, 0.2) is 21.4 Å². The first-order chi connectivity index (χ1) is 9.32. The van der Waals surface area contributed by atoms with Gasteiger partial charge in [0, 0.05) is 6.04 Å². The quantitative estimate of drug-likeness (QED) is 0.837. The third kappa shape index (κ3) is 3.07. The van der Waals surface area contributed by atoms with Gasteiger partial charge >= 0.3 is 5.97 Å². The van der Waals surface area contributed by atoms with Crippen molar-refractivity contribution in [1.29, 1.82) is 0 Å². The standard InChI is InChI=1S/C12H14FNO5S/c1-19-11-3-2-7(4-8(11)13)9-5-20(17,18)6-10(14-9)12(15)16/h2-4,9-10,14H,5-6H2,1H3,(H,15,16). The molecule has 2 atom stereocenters. The van der Waals surface area contributed by atoms with Gasteiger partial charge in [-0.25, -0.2) is 12.8 Å². The molecule has 1 aliphatic rings. The number of ether oxygens (including phenoxy) is 1. The number of carboxylic acids is 1. The van der Waals surface area contributed by atoms with Gasteiger partial charge in [-0.1, -0.05) is 6.07 Å². The summed E-state index contributed by atoms with van der Waals surface area (Å²) < 4.78 is 41.9. The van der Waals surface area contributed by atoms with Crippen molar-refractivity contribution in [3.63, 3.8) is 0 Å². The summed E-state index contributed by atoms with van der Waals surface area (Å²) in [5, 5.41) is 11.7. The lowest BCUT2D eigenvalue weighted by Crippen LogP contribution is -2.51. The smallest absolute Gasteiger partial charge is 0.321 e. The molecule has 0 aromatic heterocycles. The van der Waals surface area contributed by atoms with Gasteiger partial charge in [0.1, 0.15) is 6.04 Å². The lowest BCUT2D eigenvalue weighted by Gasteiger charge is -2.29. The maximum absolute atomic E-state index is 13.6. The fourth-order valence-corrected chi connectivity index (χ4v) is 3.83. The van der Waals surface area contributed by atoms with E-state index in [1.807, 2.05) is 0 Å². The maximum atomic E-state index is 13.6. The van der Waals surface area contributed by atoms with Crippen LogP contribution in [0.4, 0.5) is 4.39 Å². The molecule has 1 saturated heterocycles. The molecule has 6 nitrogen and oxygen atoms in total. The predicted molar refractivity (Wildman–Crippen MR) is 68.9 cm³/mol. The molecule has 1 heterocycles. The minimum atomic E-state index is -3.50. The van der Waals surface area contributed by atoms with E-state index in [-0.39, 0.29) is 11.5 Å². The first-order valence-corrected chi connectivity index (χ1v) is 7.67. The highest BCUT2D eigenvalue weighted by Crippen LogP contribution is 2.25. The van der Waals surface area contributed by atoms with Crippen molar-refractivity contribution in [2.24, 2.45) is 0 Å². The topological polar surface area (TPSA) is 92.7 Å². The molecule has 20 heavy (non-hydrogen) atoms. The van der Waals surface area contributed by atoms with Crippen LogP contribution in [0.2, 0.25) is 0 Å². The zero-order chi connectivity index (χ0) is 14.9. The molecule has 1 aromatic carbocycles. The highest BCUT2D eigenvalue weighted by atomic mass is 32.2. The fourth-order valence-electron chi connectivity index (χ4n) is 2.15. The van der Waals surface area contributed by atoms with E-state index in [2.05, 4.69) is 5.32 Å². The van der Waals surface area contributed by atoms with Crippen LogP contribution in [0.5, 0.6) is 5.75 Å². The molecule has 0 spiro atoms. The number of nitrogens with one attached hydrogen (secondary N) is 1. The molecule has 0 saturated carbocycles. The number of carbonyl (C=O) groups is 1. The lowest BCUT2D eigenvalue weighted by atomic mass is 10.1. The van der Waals surface area contributed by atoms with E-state index < -0.39 is 39.5 Å². The van der Waals surface area contributed by atoms with Crippen LogP contribution in [0.25, 0.3) is 0 Å². The molecule has 2 rings (SSSR count). The van der Waals surface area contributed by atoms with Crippen LogP contribution < -0.4 is 10.1 Å². The number of carboxylic acid groups (broad SMARTS) is 1. The fraction of sp³-hybridized carbons (Fsp3) is 0.417. The molecule has 2 unspecified atom stereocenters. The Morgan fingerprint density at radius 1 is 1.45 bits per heavy atom. The summed E-state index contributed by atoms with van der Waals surface area (Å²) in [5.41, 5.74) is 0.373. The summed E-state index contributed by atoms with van der Waals surface area (Å²) in [4.78, 5) is 11.0. The number of hydrogen-bond acceptors (Lipinski definition) is 5. The molecule has 8 heteroatoms. The van der Waals surface area contributed by atoms with E-state index in [0.717, 1.165) is 6.07 Å². The molecular weight excluding hydrogens is 289 g/mol. The van der Waals surface area contributed by atoms with E-state index in [1.54, 1.807) is 0 Å². The van der Waals surface area contributed by atoms with Crippen LogP contribution in [0.15, 0.2) is 18.2 Å². The third-order valence-electron chi connectivity index (χ3n) is 3.12. The Labute approximate surface area is 115 Å². The van der Waals surface area contributed by atoms with Gasteiger partial charge in [0.05, 0.1) is 18.6 Å². The van der Waals surface area contributed by atoms with E-state index in [0.29, 0.717) is 5.56 Å². The Bertz CT molecular complexity index is 631. The number of aliphatic carboxylic acids is 1. The van der Waals surface area contributed by atoms with Crippen LogP contribution in [0.3, 0.4) is 0 Å². The average Bonchev–Trinajstić information content (AvgIpc) is 2.36. The summed E-state index contributed by atoms with van der Waals surface area (Å²) in [6.07, 6.45) is 0. The molecule has 0 aliphatic carbocycles. The van der Waals surface area contributed by atoms with Crippen LogP contribution >= 0.6 is 0 Å². The SMILES string of the molecule is COc1ccc(C2CS(=O)(=O)CC(C(=O)O)N2)cc1F. The van der Waals surface area contributed by atoms with Crippen LogP contribution in [0, 0.1) is 5.82 Å². The van der Waals surface area contributed by atoms with Crippen molar-refractivity contribution in [2.75, 3.05) is 18.6 Å². The summed E-state index contributed by atoms with van der Waals surface area (Å²) in [7, 11) is -2.18. The minimum Gasteiger partial charge on any atom is -0.494 e. The normalized spacial score (nSPS) is 25.1. The van der Waals surface area contributed by atoms with Crippen molar-refractivity contribution < 1.29 is 27.4 Å². The van der Waals surface area contributed by atoms with Gasteiger partial charge in [-0.2, -0.15) is 0 Å². The minimum absolute atomic E-state index is 0.0437. The second kappa shape index (κ2) is 5.37. The van der Waals surface area contributed by atoms with Crippen molar-refractivity contribution in [1.82, 2.24) is 5.32 Å². The monoisotopic (exact) mass is 303 g/mol. The number of methoxy groups -OCH3 is 1. The first kappa shape index (κ1) is 14.7. The lowest BCUT2D eigenvalue weighted by molar-refractivity contribution is -0.139. The van der Waals surface area contributed by atoms with Gasteiger partial charge < -0.3 is 9.84 Å². The number of hydrogen-bond donors (Lipinski definition) is 2. The van der Waals surface area contributed by atoms with E-state index in [9.17, 15) is 17.6 Å². The van der Waals surface area contributed by atoms with Crippen LogP contribution in [0.1, 0.15) is 11.6 Å². The zero-order valence-electron chi connectivity index (χ0n) is 10.7. The van der Waals surface area contributed by atoms with Gasteiger partial charge in [-0.05, 0) is 17.7 Å². The molecule has 1 aliphatic heterocycles. The number of sulfone groups is 1. The first-order valence-electron chi connectivity index (χ1n) is 5.85. The van der Waals surface area contributed by atoms with E-state index in [1.165, 1.54) is 19.2 Å². The molecule has 0 bridgehead atoms. The van der Waals surface area contributed by atoms with Crippen LogP contribution in [-0.4, -0.2) is 44.2 Å². The molecule has 1 aromatic rings. The van der Waals surface area contributed by atoms with Gasteiger partial charge in [0.25, 0.3) is 0 Å². The molecule has 0 radical (unpaired) electrons. The Kier molecular flexibility index (Phi) is 3.96. The molecule has 110 valence electrons. The molecular formula is C12H14FNO5S. The zero-order valence-corrected chi connectivity index (χ0v) is 11.5. The summed E-state index contributed by atoms with van der Waals surface area (Å²) in [5.74, 6) is -2.55. The number of benzene rings is 1.